The first kappa shape index (κ1) is 19.7. The molecule has 3 rings (SSSR count). The number of hydrogen-bond acceptors (Lipinski definition) is 5. The van der Waals surface area contributed by atoms with Gasteiger partial charge in [-0.15, -0.1) is 0 Å². The van der Waals surface area contributed by atoms with Gasteiger partial charge in [-0.25, -0.2) is 9.80 Å². The predicted octanol–water partition coefficient (Wildman–Crippen LogP) is 3.01. The summed E-state index contributed by atoms with van der Waals surface area (Å²) in [6.45, 7) is -0.358. The topological polar surface area (TPSA) is 84.9 Å². The lowest BCUT2D eigenvalue weighted by atomic mass is 10.1. The van der Waals surface area contributed by atoms with Crippen molar-refractivity contribution in [3.8, 4) is 5.75 Å². The van der Waals surface area contributed by atoms with Gasteiger partial charge in [-0.2, -0.15) is 0 Å². The number of ether oxygens (including phenoxy) is 2. The van der Waals surface area contributed by atoms with E-state index < -0.39 is 17.8 Å². The fourth-order valence-corrected chi connectivity index (χ4v) is 3.09. The highest BCUT2D eigenvalue weighted by molar-refractivity contribution is 6.37. The molecule has 28 heavy (non-hydrogen) atoms. The van der Waals surface area contributed by atoms with E-state index in [9.17, 15) is 14.4 Å². The van der Waals surface area contributed by atoms with Crippen LogP contribution in [0.3, 0.4) is 0 Å². The highest BCUT2D eigenvalue weighted by Gasteiger charge is 2.34. The summed E-state index contributed by atoms with van der Waals surface area (Å²) >= 11 is 12.3. The Bertz CT molecular complexity index is 953. The first-order valence-corrected chi connectivity index (χ1v) is 8.77. The normalized spacial score (nSPS) is 15.0. The average Bonchev–Trinajstić information content (AvgIpc) is 2.96. The Balaban J connectivity index is 1.86. The molecule has 7 nitrogen and oxygen atoms in total. The van der Waals surface area contributed by atoms with Crippen molar-refractivity contribution in [3.05, 3.63) is 63.6 Å². The Kier molecular flexibility index (Phi) is 5.87. The summed E-state index contributed by atoms with van der Waals surface area (Å²) in [5.41, 5.74) is 3.39. The van der Waals surface area contributed by atoms with E-state index in [4.69, 9.17) is 27.9 Å². The van der Waals surface area contributed by atoms with Crippen LogP contribution in [-0.2, 0) is 19.1 Å². The van der Waals surface area contributed by atoms with Crippen LogP contribution in [0.4, 0.5) is 5.69 Å². The van der Waals surface area contributed by atoms with Gasteiger partial charge in [-0.1, -0.05) is 41.4 Å². The van der Waals surface area contributed by atoms with Crippen molar-refractivity contribution in [2.75, 3.05) is 18.7 Å². The molecule has 2 amide bonds. The summed E-state index contributed by atoms with van der Waals surface area (Å²) in [5, 5.41) is 1.40. The lowest BCUT2D eigenvalue weighted by Crippen LogP contribution is -2.35. The quantitative estimate of drug-likeness (QED) is 0.456. The van der Waals surface area contributed by atoms with Gasteiger partial charge < -0.3 is 9.47 Å². The van der Waals surface area contributed by atoms with Gasteiger partial charge in [-0.3, -0.25) is 15.0 Å². The van der Waals surface area contributed by atoms with E-state index in [-0.39, 0.29) is 28.0 Å². The molecule has 1 N–H and O–H groups in total. The molecule has 1 aliphatic rings. The number of nitrogens with zero attached hydrogens (tertiary/aromatic N) is 1. The zero-order valence-corrected chi connectivity index (χ0v) is 16.1. The van der Waals surface area contributed by atoms with Crippen LogP contribution in [0.5, 0.6) is 5.75 Å². The van der Waals surface area contributed by atoms with Gasteiger partial charge in [-0.05, 0) is 35.9 Å². The van der Waals surface area contributed by atoms with Gasteiger partial charge in [0.2, 0.25) is 0 Å². The number of esters is 1. The molecule has 0 saturated carbocycles. The summed E-state index contributed by atoms with van der Waals surface area (Å²) < 4.78 is 9.74. The van der Waals surface area contributed by atoms with Crippen LogP contribution < -0.4 is 15.2 Å². The maximum atomic E-state index is 12.6. The molecule has 1 fully saturated rings. The second kappa shape index (κ2) is 8.33. The van der Waals surface area contributed by atoms with E-state index in [2.05, 4.69) is 10.2 Å². The monoisotopic (exact) mass is 420 g/mol. The second-order valence-electron chi connectivity index (χ2n) is 5.65. The minimum atomic E-state index is -0.590. The van der Waals surface area contributed by atoms with Crippen molar-refractivity contribution in [2.24, 2.45) is 0 Å². The Morgan fingerprint density at radius 3 is 2.39 bits per heavy atom. The first-order valence-electron chi connectivity index (χ1n) is 8.01. The Morgan fingerprint density at radius 2 is 1.79 bits per heavy atom. The molecule has 1 heterocycles. The van der Waals surface area contributed by atoms with Crippen LogP contribution in [-0.4, -0.2) is 31.5 Å². The van der Waals surface area contributed by atoms with E-state index in [1.807, 2.05) is 0 Å². The number of nitrogens with one attached hydrogen (secondary N) is 1. The molecule has 1 aliphatic heterocycles. The number of halogens is 2. The third-order valence-corrected chi connectivity index (χ3v) is 4.36. The smallest absolute Gasteiger partial charge is 0.343 e. The summed E-state index contributed by atoms with van der Waals surface area (Å²) in [5.74, 6) is -1.54. The summed E-state index contributed by atoms with van der Waals surface area (Å²) in [6.07, 6.45) is 1.38. The van der Waals surface area contributed by atoms with Gasteiger partial charge >= 0.3 is 5.97 Å². The van der Waals surface area contributed by atoms with Gasteiger partial charge in [0.25, 0.3) is 11.8 Å². The molecular formula is C19H14Cl2N2O5. The number of hydrogen-bond donors (Lipinski definition) is 1. The minimum absolute atomic E-state index is 0.0702. The molecule has 9 heteroatoms. The van der Waals surface area contributed by atoms with E-state index in [1.54, 1.807) is 30.3 Å². The van der Waals surface area contributed by atoms with Gasteiger partial charge in [0, 0.05) is 0 Å². The fourth-order valence-electron chi connectivity index (χ4n) is 2.47. The first-order chi connectivity index (χ1) is 13.4. The Hall–Kier alpha value is -3.03. The third-order valence-electron chi connectivity index (χ3n) is 3.80. The molecule has 0 aromatic heterocycles. The highest BCUT2D eigenvalue weighted by Crippen LogP contribution is 2.35. The second-order valence-corrected chi connectivity index (χ2v) is 6.47. The molecule has 0 unspecified atom stereocenters. The molecule has 144 valence electrons. The number of benzene rings is 2. The van der Waals surface area contributed by atoms with Gasteiger partial charge in [0.15, 0.2) is 12.4 Å². The van der Waals surface area contributed by atoms with Gasteiger partial charge in [0.05, 0.1) is 22.8 Å². The number of amides is 2. The number of rotatable bonds is 5. The number of carbonyl (C=O) groups is 3. The van der Waals surface area contributed by atoms with Gasteiger partial charge in [0.1, 0.15) is 5.57 Å². The summed E-state index contributed by atoms with van der Waals surface area (Å²) in [7, 11) is 1.23. The molecule has 1 saturated heterocycles. The molecular weight excluding hydrogens is 407 g/mol. The molecule has 0 spiro atoms. The van der Waals surface area contributed by atoms with E-state index in [1.165, 1.54) is 25.3 Å². The lowest BCUT2D eigenvalue weighted by molar-refractivity contribution is -0.142. The van der Waals surface area contributed by atoms with Crippen molar-refractivity contribution >= 4 is 52.7 Å². The SMILES string of the molecule is COC(=O)COc1c(Cl)cc(C=C2C(=O)NN(c3ccccc3)C2=O)cc1Cl. The van der Waals surface area contributed by atoms with Crippen LogP contribution >= 0.6 is 23.2 Å². The molecule has 0 atom stereocenters. The van der Waals surface area contributed by atoms with Crippen molar-refractivity contribution in [2.45, 2.75) is 0 Å². The van der Waals surface area contributed by atoms with Crippen LogP contribution in [0.25, 0.3) is 6.08 Å². The van der Waals surface area contributed by atoms with E-state index >= 15 is 0 Å². The van der Waals surface area contributed by atoms with Crippen LogP contribution in [0.15, 0.2) is 48.0 Å². The lowest BCUT2D eigenvalue weighted by Gasteiger charge is -2.13. The summed E-state index contributed by atoms with van der Waals surface area (Å²) in [4.78, 5) is 36.0. The molecule has 0 bridgehead atoms. The number of hydrazine groups is 1. The maximum absolute atomic E-state index is 12.6. The Morgan fingerprint density at radius 1 is 1.14 bits per heavy atom. The molecule has 0 aliphatic carbocycles. The van der Waals surface area contributed by atoms with Crippen LogP contribution in [0.2, 0.25) is 10.0 Å². The number of anilines is 1. The number of carbonyl (C=O) groups excluding carboxylic acids is 3. The number of methoxy groups -OCH3 is 1. The zero-order chi connectivity index (χ0) is 20.3. The van der Waals surface area contributed by atoms with Crippen molar-refractivity contribution in [1.82, 2.24) is 5.43 Å². The standard InChI is InChI=1S/C19H14Cl2N2O5/c1-27-16(24)10-28-17-14(20)8-11(9-15(17)21)7-13-18(25)22-23(19(13)26)12-5-3-2-4-6-12/h2-9H,10H2,1H3,(H,22,25). The number of para-hydroxylation sites is 1. The van der Waals surface area contributed by atoms with E-state index in [0.29, 0.717) is 11.3 Å². The zero-order valence-electron chi connectivity index (χ0n) is 14.6. The van der Waals surface area contributed by atoms with Crippen molar-refractivity contribution < 1.29 is 23.9 Å². The van der Waals surface area contributed by atoms with Crippen molar-refractivity contribution in [1.29, 1.82) is 0 Å². The van der Waals surface area contributed by atoms with Crippen molar-refractivity contribution in [3.63, 3.8) is 0 Å². The average molecular weight is 421 g/mol. The van der Waals surface area contributed by atoms with E-state index in [0.717, 1.165) is 5.01 Å². The summed E-state index contributed by atoms with van der Waals surface area (Å²) in [6, 6.07) is 11.6. The minimum Gasteiger partial charge on any atom is -0.479 e. The Labute approximate surface area is 170 Å². The molecule has 2 aromatic carbocycles. The predicted molar refractivity (Wildman–Crippen MR) is 104 cm³/mol. The third kappa shape index (κ3) is 4.11. The molecule has 0 radical (unpaired) electrons. The van der Waals surface area contributed by atoms with Crippen LogP contribution in [0.1, 0.15) is 5.56 Å². The molecule has 2 aromatic rings. The largest absolute Gasteiger partial charge is 0.479 e. The van der Waals surface area contributed by atoms with Crippen LogP contribution in [0, 0.1) is 0 Å². The fraction of sp³-hybridized carbons (Fsp3) is 0.105. The maximum Gasteiger partial charge on any atom is 0.343 e. The highest BCUT2D eigenvalue weighted by atomic mass is 35.5.